The van der Waals surface area contributed by atoms with Gasteiger partial charge in [-0.25, -0.2) is 0 Å². The molecule has 0 fully saturated rings. The van der Waals surface area contributed by atoms with Crippen molar-refractivity contribution in [3.8, 4) is 0 Å². The zero-order valence-corrected chi connectivity index (χ0v) is 10.3. The molecule has 4 heteroatoms. The third-order valence-corrected chi connectivity index (χ3v) is 3.08. The summed E-state index contributed by atoms with van der Waals surface area (Å²) >= 11 is 6.15. The summed E-state index contributed by atoms with van der Waals surface area (Å²) in [6.07, 6.45) is 0.806. The molecule has 1 aromatic heterocycles. The number of hydrogen-bond acceptors (Lipinski definition) is 2. The summed E-state index contributed by atoms with van der Waals surface area (Å²) in [6.45, 7) is 0. The third kappa shape index (κ3) is 1.73. The normalized spacial score (nSPS) is 10.4. The number of benzene rings is 1. The number of rotatable bonds is 1. The maximum absolute atomic E-state index is 10.7. The second-order valence-corrected chi connectivity index (χ2v) is 4.56. The molecule has 2 rings (SSSR count). The zero-order chi connectivity index (χ0) is 10.1. The summed E-state index contributed by atoms with van der Waals surface area (Å²) in [4.78, 5) is 15.0. The van der Waals surface area contributed by atoms with Crippen LogP contribution in [0.25, 0.3) is 10.9 Å². The van der Waals surface area contributed by atoms with Gasteiger partial charge in [0.15, 0.2) is 0 Å². The van der Waals surface area contributed by atoms with Crippen LogP contribution in [0.2, 0.25) is 0 Å². The molecule has 14 heavy (non-hydrogen) atoms. The summed E-state index contributed by atoms with van der Waals surface area (Å²) in [5.41, 5.74) is 1.47. The number of hydrogen-bond donors (Lipinski definition) is 0. The predicted molar refractivity (Wildman–Crippen MR) is 60.2 cm³/mol. The van der Waals surface area contributed by atoms with Crippen molar-refractivity contribution in [1.29, 1.82) is 0 Å². The van der Waals surface area contributed by atoms with Gasteiger partial charge < -0.3 is 0 Å². The van der Waals surface area contributed by atoms with E-state index in [0.717, 1.165) is 21.7 Å². The molecule has 69 valence electrons. The summed E-state index contributed by atoms with van der Waals surface area (Å²) in [5.74, 6) is 0. The Morgan fingerprint density at radius 3 is 2.86 bits per heavy atom. The van der Waals surface area contributed by atoms with Crippen molar-refractivity contribution in [2.24, 2.45) is 0 Å². The first-order valence-electron chi connectivity index (χ1n) is 3.93. The SMILES string of the molecule is O=Cc1cc2ccc(Br)cc2nc1[Se]. The average molecular weight is 314 g/mol. The van der Waals surface area contributed by atoms with Gasteiger partial charge in [0.05, 0.1) is 0 Å². The van der Waals surface area contributed by atoms with Gasteiger partial charge in [-0.1, -0.05) is 0 Å². The topological polar surface area (TPSA) is 30.0 Å². The van der Waals surface area contributed by atoms with E-state index in [1.165, 1.54) is 0 Å². The van der Waals surface area contributed by atoms with E-state index in [-0.39, 0.29) is 0 Å². The van der Waals surface area contributed by atoms with E-state index in [0.29, 0.717) is 10.2 Å². The molecule has 1 radical (unpaired) electrons. The molecule has 0 saturated heterocycles. The van der Waals surface area contributed by atoms with E-state index in [2.05, 4.69) is 36.9 Å². The molecule has 2 aromatic rings. The first kappa shape index (κ1) is 9.84. The van der Waals surface area contributed by atoms with Gasteiger partial charge in [-0.15, -0.1) is 0 Å². The van der Waals surface area contributed by atoms with E-state index in [9.17, 15) is 4.79 Å². The second-order valence-electron chi connectivity index (χ2n) is 2.84. The van der Waals surface area contributed by atoms with Gasteiger partial charge >= 0.3 is 97.8 Å². The number of fused-ring (bicyclic) bond motifs is 1. The van der Waals surface area contributed by atoms with Crippen LogP contribution in [-0.2, 0) is 0 Å². The molecular formula is C10H5BrNOSe. The summed E-state index contributed by atoms with van der Waals surface area (Å²) in [6, 6.07) is 7.61. The van der Waals surface area contributed by atoms with Crippen LogP contribution in [0.15, 0.2) is 28.7 Å². The minimum atomic E-state index is 0.597. The Morgan fingerprint density at radius 1 is 1.36 bits per heavy atom. The Hall–Kier alpha value is -0.701. The first-order chi connectivity index (χ1) is 6.70. The number of carbonyl (C=O) groups excluding carboxylic acids is 1. The predicted octanol–water partition coefficient (Wildman–Crippen LogP) is 1.60. The summed E-state index contributed by atoms with van der Waals surface area (Å²) in [5, 5.41) is 0.967. The van der Waals surface area contributed by atoms with Crippen LogP contribution in [-0.4, -0.2) is 27.3 Å². The van der Waals surface area contributed by atoms with Crippen LogP contribution >= 0.6 is 15.9 Å². The van der Waals surface area contributed by atoms with E-state index < -0.39 is 0 Å². The van der Waals surface area contributed by atoms with Crippen molar-refractivity contribution in [1.82, 2.24) is 4.98 Å². The van der Waals surface area contributed by atoms with Crippen molar-refractivity contribution in [2.75, 3.05) is 0 Å². The molecule has 1 heterocycles. The Kier molecular flexibility index (Phi) is 2.68. The van der Waals surface area contributed by atoms with E-state index >= 15 is 0 Å². The number of carbonyl (C=O) groups is 1. The first-order valence-corrected chi connectivity index (χ1v) is 5.58. The molecule has 2 nitrogen and oxygen atoms in total. The number of aldehydes is 1. The molecule has 0 N–H and O–H groups in total. The molecule has 0 aliphatic rings. The molecule has 0 atom stereocenters. The van der Waals surface area contributed by atoms with Gasteiger partial charge in [0.2, 0.25) is 0 Å². The monoisotopic (exact) mass is 314 g/mol. The van der Waals surface area contributed by atoms with Crippen LogP contribution in [0.4, 0.5) is 0 Å². The molecule has 0 bridgehead atoms. The van der Waals surface area contributed by atoms with Crippen molar-refractivity contribution in [3.05, 3.63) is 34.3 Å². The minimum absolute atomic E-state index is 0.597. The quantitative estimate of drug-likeness (QED) is 0.591. The number of pyridine rings is 1. The molecule has 0 aliphatic heterocycles. The second kappa shape index (κ2) is 3.81. The fourth-order valence-electron chi connectivity index (χ4n) is 1.22. The van der Waals surface area contributed by atoms with E-state index in [4.69, 9.17) is 0 Å². The van der Waals surface area contributed by atoms with Gasteiger partial charge in [0.25, 0.3) is 0 Å². The van der Waals surface area contributed by atoms with Crippen LogP contribution in [0, 0.1) is 0 Å². The van der Waals surface area contributed by atoms with E-state index in [1.54, 1.807) is 0 Å². The fraction of sp³-hybridized carbons (Fsp3) is 0. The molecule has 0 aliphatic carbocycles. The van der Waals surface area contributed by atoms with Crippen LogP contribution in [0.1, 0.15) is 10.4 Å². The Morgan fingerprint density at radius 2 is 2.14 bits per heavy atom. The van der Waals surface area contributed by atoms with Gasteiger partial charge in [-0.3, -0.25) is 0 Å². The van der Waals surface area contributed by atoms with Crippen LogP contribution in [0.3, 0.4) is 0 Å². The fourth-order valence-corrected chi connectivity index (χ4v) is 2.00. The summed E-state index contributed by atoms with van der Waals surface area (Å²) < 4.78 is 1.63. The Bertz CT molecular complexity index is 513. The van der Waals surface area contributed by atoms with Crippen molar-refractivity contribution in [3.63, 3.8) is 0 Å². The van der Waals surface area contributed by atoms with Crippen LogP contribution < -0.4 is 4.59 Å². The van der Waals surface area contributed by atoms with Gasteiger partial charge in [-0.2, -0.15) is 0 Å². The number of halogens is 1. The standard InChI is InChI=1S/C10H5BrNOSe/c11-8-2-1-6-3-7(5-13)10(14)12-9(6)4-8/h1-5H. The average Bonchev–Trinajstić information content (AvgIpc) is 2.16. The van der Waals surface area contributed by atoms with Crippen molar-refractivity contribution >= 4 is 53.7 Å². The van der Waals surface area contributed by atoms with E-state index in [1.807, 2.05) is 24.3 Å². The summed E-state index contributed by atoms with van der Waals surface area (Å²) in [7, 11) is 0. The molecule has 0 saturated carbocycles. The van der Waals surface area contributed by atoms with Crippen LogP contribution in [0.5, 0.6) is 0 Å². The molecule has 0 spiro atoms. The van der Waals surface area contributed by atoms with Crippen molar-refractivity contribution < 1.29 is 4.79 Å². The van der Waals surface area contributed by atoms with Gasteiger partial charge in [0.1, 0.15) is 0 Å². The van der Waals surface area contributed by atoms with Gasteiger partial charge in [-0.05, 0) is 0 Å². The molecule has 0 unspecified atom stereocenters. The Labute approximate surface area is 97.7 Å². The number of nitrogens with zero attached hydrogens (tertiary/aromatic N) is 1. The third-order valence-electron chi connectivity index (χ3n) is 1.90. The Balaban J connectivity index is 2.79. The number of aromatic nitrogens is 1. The molecule has 1 aromatic carbocycles. The van der Waals surface area contributed by atoms with Gasteiger partial charge in [0, 0.05) is 0 Å². The molecule has 0 amide bonds. The maximum atomic E-state index is 10.7. The molecular weight excluding hydrogens is 309 g/mol. The zero-order valence-electron chi connectivity index (χ0n) is 7.03. The van der Waals surface area contributed by atoms with Crippen molar-refractivity contribution in [2.45, 2.75) is 0 Å².